The molecule has 2 atom stereocenters. The van der Waals surface area contributed by atoms with Crippen molar-refractivity contribution in [3.8, 4) is 5.75 Å². The second-order valence-corrected chi connectivity index (χ2v) is 11.0. The normalized spacial score (nSPS) is 21.6. The van der Waals surface area contributed by atoms with Crippen LogP contribution in [0.4, 0.5) is 10.1 Å². The number of nitrogens with zero attached hydrogens (tertiary/aromatic N) is 1. The fourth-order valence-electron chi connectivity index (χ4n) is 4.68. The zero-order valence-electron chi connectivity index (χ0n) is 17.7. The number of hydrogen-bond acceptors (Lipinski definition) is 4. The minimum absolute atomic E-state index is 0.0742. The summed E-state index contributed by atoms with van der Waals surface area (Å²) in [5.41, 5.74) is 2.91. The maximum Gasteiger partial charge on any atom is 0.150 e. The first-order valence-corrected chi connectivity index (χ1v) is 12.7. The molecule has 0 amide bonds. The Bertz CT molecular complexity index is 987. The van der Waals surface area contributed by atoms with Crippen molar-refractivity contribution < 1.29 is 17.5 Å². The third-order valence-electron chi connectivity index (χ3n) is 6.55. The topological polar surface area (TPSA) is 46.6 Å². The lowest BCUT2D eigenvalue weighted by molar-refractivity contribution is 0.187. The summed E-state index contributed by atoms with van der Waals surface area (Å²) in [4.78, 5) is 1.96. The van der Waals surface area contributed by atoms with Crippen LogP contribution in [0, 0.1) is 17.7 Å². The van der Waals surface area contributed by atoms with Gasteiger partial charge in [-0.25, -0.2) is 12.8 Å². The van der Waals surface area contributed by atoms with Gasteiger partial charge in [0.1, 0.15) is 21.4 Å². The highest BCUT2D eigenvalue weighted by Gasteiger charge is 2.35. The first-order valence-electron chi connectivity index (χ1n) is 10.9. The lowest BCUT2D eigenvalue weighted by atomic mass is 9.78. The Labute approximate surface area is 179 Å². The maximum atomic E-state index is 14.9. The molecular weight excluding hydrogens is 401 g/mol. The summed E-state index contributed by atoms with van der Waals surface area (Å²) in [6.45, 7) is 5.62. The number of rotatable bonds is 7. The molecule has 2 unspecified atom stereocenters. The fraction of sp³-hybridized carbons (Fsp3) is 0.500. The number of benzene rings is 2. The lowest BCUT2D eigenvalue weighted by Crippen LogP contribution is -2.50. The molecule has 1 saturated heterocycles. The van der Waals surface area contributed by atoms with Gasteiger partial charge >= 0.3 is 0 Å². The molecule has 0 aliphatic carbocycles. The Kier molecular flexibility index (Phi) is 6.05. The van der Waals surface area contributed by atoms with E-state index in [1.54, 1.807) is 6.92 Å². The van der Waals surface area contributed by atoms with Gasteiger partial charge in [-0.3, -0.25) is 0 Å². The predicted octanol–water partition coefficient (Wildman–Crippen LogP) is 4.44. The number of halogens is 1. The molecule has 2 aliphatic rings. The van der Waals surface area contributed by atoms with Crippen LogP contribution in [0.15, 0.2) is 42.5 Å². The number of hydrogen-bond donors (Lipinski definition) is 0. The molecule has 0 bridgehead atoms. The van der Waals surface area contributed by atoms with Crippen LogP contribution >= 0.6 is 0 Å². The van der Waals surface area contributed by atoms with Crippen LogP contribution in [-0.2, 0) is 16.3 Å². The van der Waals surface area contributed by atoms with Crippen LogP contribution in [0.2, 0.25) is 0 Å². The van der Waals surface area contributed by atoms with Crippen molar-refractivity contribution in [3.05, 3.63) is 59.4 Å². The summed E-state index contributed by atoms with van der Waals surface area (Å²) in [6, 6.07) is 13.9. The Morgan fingerprint density at radius 3 is 2.53 bits per heavy atom. The van der Waals surface area contributed by atoms with Gasteiger partial charge in [-0.1, -0.05) is 44.2 Å². The van der Waals surface area contributed by atoms with Crippen LogP contribution in [0.25, 0.3) is 0 Å². The largest absolute Gasteiger partial charge is 0.493 e. The molecule has 30 heavy (non-hydrogen) atoms. The molecule has 0 N–H and O–H groups in total. The van der Waals surface area contributed by atoms with Crippen molar-refractivity contribution in [2.75, 3.05) is 36.1 Å². The average Bonchev–Trinajstić information content (AvgIpc) is 2.71. The van der Waals surface area contributed by atoms with Gasteiger partial charge in [0.2, 0.25) is 0 Å². The Hall–Kier alpha value is -2.08. The van der Waals surface area contributed by atoms with Crippen LogP contribution in [0.1, 0.15) is 37.3 Å². The van der Waals surface area contributed by atoms with Gasteiger partial charge in [-0.15, -0.1) is 0 Å². The van der Waals surface area contributed by atoms with E-state index in [0.717, 1.165) is 18.4 Å². The second kappa shape index (κ2) is 8.58. The van der Waals surface area contributed by atoms with Gasteiger partial charge < -0.3 is 9.64 Å². The summed E-state index contributed by atoms with van der Waals surface area (Å²) >= 11 is 0. The monoisotopic (exact) mass is 431 g/mol. The molecule has 2 aromatic rings. The van der Waals surface area contributed by atoms with E-state index in [-0.39, 0.29) is 29.2 Å². The molecule has 2 aromatic carbocycles. The average molecular weight is 432 g/mol. The summed E-state index contributed by atoms with van der Waals surface area (Å²) in [5, 5.41) is 0. The molecule has 4 nitrogen and oxygen atoms in total. The minimum atomic E-state index is -3.00. The van der Waals surface area contributed by atoms with Gasteiger partial charge in [-0.05, 0) is 30.4 Å². The Morgan fingerprint density at radius 2 is 1.87 bits per heavy atom. The van der Waals surface area contributed by atoms with Crippen molar-refractivity contribution in [2.24, 2.45) is 11.8 Å². The van der Waals surface area contributed by atoms with Crippen molar-refractivity contribution in [1.82, 2.24) is 0 Å². The Morgan fingerprint density at radius 1 is 1.13 bits per heavy atom. The fourth-order valence-corrected chi connectivity index (χ4v) is 5.84. The van der Waals surface area contributed by atoms with Gasteiger partial charge in [-0.2, -0.15) is 0 Å². The highest BCUT2D eigenvalue weighted by atomic mass is 32.2. The van der Waals surface area contributed by atoms with Gasteiger partial charge in [0.25, 0.3) is 0 Å². The predicted molar refractivity (Wildman–Crippen MR) is 119 cm³/mol. The molecule has 0 spiro atoms. The van der Waals surface area contributed by atoms with Gasteiger partial charge in [0.15, 0.2) is 0 Å². The van der Waals surface area contributed by atoms with Crippen LogP contribution < -0.4 is 9.64 Å². The van der Waals surface area contributed by atoms with Crippen molar-refractivity contribution in [2.45, 2.75) is 32.6 Å². The third-order valence-corrected chi connectivity index (χ3v) is 8.41. The molecule has 4 rings (SSSR count). The molecular formula is C24H30FNO3S. The number of ether oxygens (including phenoxy) is 1. The number of fused-ring (bicyclic) bond motifs is 1. The smallest absolute Gasteiger partial charge is 0.150 e. The highest BCUT2D eigenvalue weighted by Crippen LogP contribution is 2.44. The number of anilines is 1. The molecule has 2 heterocycles. The minimum Gasteiger partial charge on any atom is -0.493 e. The summed E-state index contributed by atoms with van der Waals surface area (Å²) in [6.07, 6.45) is 1.91. The van der Waals surface area contributed by atoms with E-state index in [4.69, 9.17) is 4.74 Å². The lowest BCUT2D eigenvalue weighted by Gasteiger charge is -2.42. The van der Waals surface area contributed by atoms with E-state index in [0.29, 0.717) is 37.1 Å². The Balaban J connectivity index is 1.58. The van der Waals surface area contributed by atoms with Crippen molar-refractivity contribution in [1.29, 1.82) is 0 Å². The molecule has 0 aromatic heterocycles. The number of sulfone groups is 1. The van der Waals surface area contributed by atoms with Crippen LogP contribution in [-0.4, -0.2) is 39.6 Å². The van der Waals surface area contributed by atoms with E-state index in [2.05, 4.69) is 31.2 Å². The molecule has 1 fully saturated rings. The van der Waals surface area contributed by atoms with Crippen LogP contribution in [0.5, 0.6) is 5.75 Å². The highest BCUT2D eigenvalue weighted by molar-refractivity contribution is 7.91. The van der Waals surface area contributed by atoms with Crippen molar-refractivity contribution in [3.63, 3.8) is 0 Å². The molecule has 2 aliphatic heterocycles. The maximum absolute atomic E-state index is 14.9. The zero-order chi connectivity index (χ0) is 21.3. The molecule has 162 valence electrons. The van der Waals surface area contributed by atoms with E-state index >= 15 is 0 Å². The standard InChI is InChI=1S/C24H30FNO3S/c1-3-19-15-29-24-12-22(25)23(26-13-18(14-26)16-30(27,28)4-2)11-21(24)20(19)10-17-8-6-5-7-9-17/h5-9,11-12,18-20H,3-4,10,13-16H2,1-2H3. The first-order chi connectivity index (χ1) is 14.4. The van der Waals surface area contributed by atoms with E-state index in [1.165, 1.54) is 11.6 Å². The molecule has 0 radical (unpaired) electrons. The SMILES string of the molecule is CCC1COc2cc(F)c(N3CC(CS(=O)(=O)CC)C3)cc2C1Cc1ccccc1. The van der Waals surface area contributed by atoms with Gasteiger partial charge in [0, 0.05) is 42.3 Å². The third kappa shape index (κ3) is 4.34. The molecule has 6 heteroatoms. The zero-order valence-corrected chi connectivity index (χ0v) is 18.5. The summed E-state index contributed by atoms with van der Waals surface area (Å²) in [5.74, 6) is 1.43. The molecule has 0 saturated carbocycles. The van der Waals surface area contributed by atoms with Crippen LogP contribution in [0.3, 0.4) is 0 Å². The second-order valence-electron chi connectivity index (χ2n) is 8.59. The van der Waals surface area contributed by atoms with E-state index in [9.17, 15) is 12.8 Å². The first kappa shape index (κ1) is 21.2. The van der Waals surface area contributed by atoms with E-state index in [1.807, 2.05) is 17.0 Å². The van der Waals surface area contributed by atoms with Gasteiger partial charge in [0.05, 0.1) is 18.0 Å². The van der Waals surface area contributed by atoms with Crippen molar-refractivity contribution >= 4 is 15.5 Å². The summed E-state index contributed by atoms with van der Waals surface area (Å²) < 4.78 is 44.6. The quantitative estimate of drug-likeness (QED) is 0.650. The van der Waals surface area contributed by atoms with E-state index < -0.39 is 9.84 Å². The summed E-state index contributed by atoms with van der Waals surface area (Å²) in [7, 11) is -3.00.